The molecule has 0 aliphatic heterocycles. The quantitative estimate of drug-likeness (QED) is 0.702. The molecule has 0 bridgehead atoms. The molecule has 2 nitrogen and oxygen atoms in total. The predicted molar refractivity (Wildman–Crippen MR) is 67.5 cm³/mol. The summed E-state index contributed by atoms with van der Waals surface area (Å²) in [4.78, 5) is 0. The monoisotopic (exact) mass is 225 g/mol. The Kier molecular flexibility index (Phi) is 4.66. The van der Waals surface area contributed by atoms with Crippen LogP contribution < -0.4 is 5.32 Å². The highest BCUT2D eigenvalue weighted by Gasteiger charge is 2.42. The van der Waals surface area contributed by atoms with Crippen LogP contribution >= 0.6 is 0 Å². The first kappa shape index (κ1) is 12.4. The molecule has 0 aromatic heterocycles. The molecule has 2 rings (SSSR count). The Bertz CT molecular complexity index is 207. The van der Waals surface area contributed by atoms with Crippen LogP contribution in [0, 0.1) is 23.7 Å². The minimum atomic E-state index is 0.845. The van der Waals surface area contributed by atoms with Gasteiger partial charge in [-0.15, -0.1) is 0 Å². The first-order valence-corrected chi connectivity index (χ1v) is 7.01. The van der Waals surface area contributed by atoms with Gasteiger partial charge >= 0.3 is 0 Å². The van der Waals surface area contributed by atoms with E-state index in [4.69, 9.17) is 4.74 Å². The van der Waals surface area contributed by atoms with Crippen molar-refractivity contribution in [1.82, 2.24) is 5.32 Å². The normalized spacial score (nSPS) is 38.6. The molecule has 4 unspecified atom stereocenters. The topological polar surface area (TPSA) is 21.3 Å². The zero-order valence-electron chi connectivity index (χ0n) is 10.9. The van der Waals surface area contributed by atoms with Crippen molar-refractivity contribution in [2.75, 3.05) is 26.8 Å². The third kappa shape index (κ3) is 3.46. The van der Waals surface area contributed by atoms with Crippen LogP contribution in [0.2, 0.25) is 0 Å². The van der Waals surface area contributed by atoms with Gasteiger partial charge in [-0.3, -0.25) is 0 Å². The highest BCUT2D eigenvalue weighted by molar-refractivity contribution is 4.93. The predicted octanol–water partition coefficient (Wildman–Crippen LogP) is 2.68. The zero-order valence-corrected chi connectivity index (χ0v) is 10.9. The zero-order chi connectivity index (χ0) is 11.4. The van der Waals surface area contributed by atoms with Gasteiger partial charge in [-0.25, -0.2) is 0 Å². The van der Waals surface area contributed by atoms with Crippen molar-refractivity contribution in [3.8, 4) is 0 Å². The summed E-state index contributed by atoms with van der Waals surface area (Å²) in [6.07, 6.45) is 7.44. The summed E-state index contributed by atoms with van der Waals surface area (Å²) >= 11 is 0. The first-order chi connectivity index (χ1) is 7.81. The summed E-state index contributed by atoms with van der Waals surface area (Å²) in [7, 11) is 1.77. The molecule has 4 atom stereocenters. The number of nitrogens with one attached hydrogen (secondary N) is 1. The molecule has 2 heteroatoms. The van der Waals surface area contributed by atoms with E-state index in [9.17, 15) is 0 Å². The van der Waals surface area contributed by atoms with Crippen LogP contribution in [-0.4, -0.2) is 26.8 Å². The molecular formula is C14H27NO. The van der Waals surface area contributed by atoms with Gasteiger partial charge in [0.25, 0.3) is 0 Å². The van der Waals surface area contributed by atoms with Crippen LogP contribution in [0.25, 0.3) is 0 Å². The number of methoxy groups -OCH3 is 1. The molecule has 2 aliphatic rings. The van der Waals surface area contributed by atoms with Crippen LogP contribution in [0.1, 0.15) is 39.0 Å². The molecule has 0 aromatic carbocycles. The van der Waals surface area contributed by atoms with Gasteiger partial charge < -0.3 is 10.1 Å². The molecule has 2 aliphatic carbocycles. The van der Waals surface area contributed by atoms with Gasteiger partial charge in [0.15, 0.2) is 0 Å². The summed E-state index contributed by atoms with van der Waals surface area (Å²) in [5.74, 6) is 4.07. The summed E-state index contributed by atoms with van der Waals surface area (Å²) in [6.45, 7) is 5.51. The second-order valence-corrected chi connectivity index (χ2v) is 5.89. The molecule has 1 N–H and O–H groups in total. The van der Waals surface area contributed by atoms with Gasteiger partial charge in [-0.2, -0.15) is 0 Å². The summed E-state index contributed by atoms with van der Waals surface area (Å²) in [5, 5.41) is 3.50. The molecule has 94 valence electrons. The van der Waals surface area contributed by atoms with Crippen LogP contribution in [0.4, 0.5) is 0 Å². The van der Waals surface area contributed by atoms with E-state index >= 15 is 0 Å². The van der Waals surface area contributed by atoms with E-state index in [-0.39, 0.29) is 0 Å². The fourth-order valence-electron chi connectivity index (χ4n) is 3.41. The molecule has 0 radical (unpaired) electrons. The molecule has 2 saturated carbocycles. The van der Waals surface area contributed by atoms with E-state index in [1.807, 2.05) is 0 Å². The standard InChI is InChI=1S/C14H27NO/c1-11-4-3-5-12(8-11)14-9-13(14)10-15-6-7-16-2/h11-15H,3-10H2,1-2H3. The maximum atomic E-state index is 5.04. The average Bonchev–Trinajstić information content (AvgIpc) is 3.04. The highest BCUT2D eigenvalue weighted by Crippen LogP contribution is 2.49. The Hall–Kier alpha value is -0.0800. The van der Waals surface area contributed by atoms with Gasteiger partial charge in [0.2, 0.25) is 0 Å². The van der Waals surface area contributed by atoms with Crippen molar-refractivity contribution in [2.45, 2.75) is 39.0 Å². The van der Waals surface area contributed by atoms with Gasteiger partial charge in [0.1, 0.15) is 0 Å². The average molecular weight is 225 g/mol. The third-order valence-corrected chi connectivity index (χ3v) is 4.45. The smallest absolute Gasteiger partial charge is 0.0587 e. The minimum Gasteiger partial charge on any atom is -0.383 e. The van der Waals surface area contributed by atoms with Crippen molar-refractivity contribution in [2.24, 2.45) is 23.7 Å². The highest BCUT2D eigenvalue weighted by atomic mass is 16.5. The van der Waals surface area contributed by atoms with Crippen molar-refractivity contribution < 1.29 is 4.74 Å². The summed E-state index contributed by atoms with van der Waals surface area (Å²) in [6, 6.07) is 0. The fraction of sp³-hybridized carbons (Fsp3) is 1.00. The molecule has 2 fully saturated rings. The summed E-state index contributed by atoms with van der Waals surface area (Å²) < 4.78 is 5.04. The molecular weight excluding hydrogens is 198 g/mol. The SMILES string of the molecule is COCCNCC1CC1C1CCCC(C)C1. The van der Waals surface area contributed by atoms with Gasteiger partial charge in [-0.05, 0) is 43.1 Å². The van der Waals surface area contributed by atoms with Gasteiger partial charge in [0.05, 0.1) is 6.61 Å². The first-order valence-electron chi connectivity index (χ1n) is 7.01. The van der Waals surface area contributed by atoms with Crippen LogP contribution in [-0.2, 0) is 4.74 Å². The molecule has 0 saturated heterocycles. The molecule has 0 spiro atoms. The number of rotatable bonds is 6. The molecule has 0 heterocycles. The van der Waals surface area contributed by atoms with E-state index < -0.39 is 0 Å². The Morgan fingerprint density at radius 3 is 2.88 bits per heavy atom. The van der Waals surface area contributed by atoms with E-state index in [0.717, 1.165) is 36.8 Å². The fourth-order valence-corrected chi connectivity index (χ4v) is 3.41. The summed E-state index contributed by atoms with van der Waals surface area (Å²) in [5.41, 5.74) is 0. The van der Waals surface area contributed by atoms with Crippen LogP contribution in [0.15, 0.2) is 0 Å². The number of ether oxygens (including phenoxy) is 1. The lowest BCUT2D eigenvalue weighted by Crippen LogP contribution is -2.23. The molecule has 0 aromatic rings. The maximum absolute atomic E-state index is 5.04. The second-order valence-electron chi connectivity index (χ2n) is 5.89. The molecule has 0 amide bonds. The van der Waals surface area contributed by atoms with E-state index in [1.165, 1.54) is 38.6 Å². The lowest BCUT2D eigenvalue weighted by atomic mass is 9.79. The van der Waals surface area contributed by atoms with Crippen molar-refractivity contribution in [1.29, 1.82) is 0 Å². The Morgan fingerprint density at radius 2 is 2.12 bits per heavy atom. The Balaban J connectivity index is 1.59. The lowest BCUT2D eigenvalue weighted by Gasteiger charge is -2.27. The largest absolute Gasteiger partial charge is 0.383 e. The van der Waals surface area contributed by atoms with E-state index in [0.29, 0.717) is 0 Å². The molecule has 16 heavy (non-hydrogen) atoms. The Morgan fingerprint density at radius 1 is 1.25 bits per heavy atom. The maximum Gasteiger partial charge on any atom is 0.0587 e. The second kappa shape index (κ2) is 6.02. The van der Waals surface area contributed by atoms with Crippen molar-refractivity contribution in [3.63, 3.8) is 0 Å². The lowest BCUT2D eigenvalue weighted by molar-refractivity contribution is 0.198. The van der Waals surface area contributed by atoms with Crippen LogP contribution in [0.3, 0.4) is 0 Å². The minimum absolute atomic E-state index is 0.845. The van der Waals surface area contributed by atoms with Crippen molar-refractivity contribution in [3.05, 3.63) is 0 Å². The Labute approximate surface area is 100 Å². The van der Waals surface area contributed by atoms with Crippen molar-refractivity contribution >= 4 is 0 Å². The van der Waals surface area contributed by atoms with Crippen LogP contribution in [0.5, 0.6) is 0 Å². The van der Waals surface area contributed by atoms with Gasteiger partial charge in [-0.1, -0.05) is 26.2 Å². The van der Waals surface area contributed by atoms with E-state index in [2.05, 4.69) is 12.2 Å². The van der Waals surface area contributed by atoms with E-state index in [1.54, 1.807) is 7.11 Å². The third-order valence-electron chi connectivity index (χ3n) is 4.45. The van der Waals surface area contributed by atoms with Gasteiger partial charge in [0, 0.05) is 13.7 Å². The number of hydrogen-bond acceptors (Lipinski definition) is 2. The number of hydrogen-bond donors (Lipinski definition) is 1.